The van der Waals surface area contributed by atoms with Crippen LogP contribution in [0.2, 0.25) is 0 Å². The Morgan fingerprint density at radius 3 is 2.40 bits per heavy atom. The number of anilines is 1. The Kier molecular flexibility index (Phi) is 6.31. The minimum atomic E-state index is 0. The maximum atomic E-state index is 10.7. The van der Waals surface area contributed by atoms with E-state index in [9.17, 15) is 5.11 Å². The fourth-order valence-electron chi connectivity index (χ4n) is 2.79. The van der Waals surface area contributed by atoms with E-state index in [1.807, 2.05) is 52.1 Å². The molecule has 0 saturated heterocycles. The normalized spacial score (nSPS) is 10.9. The molecule has 5 heteroatoms. The van der Waals surface area contributed by atoms with Gasteiger partial charge in [-0.3, -0.25) is 0 Å². The van der Waals surface area contributed by atoms with Crippen molar-refractivity contribution in [3.8, 4) is 5.75 Å². The van der Waals surface area contributed by atoms with Crippen LogP contribution in [0.15, 0.2) is 46.6 Å². The predicted octanol–water partition coefficient (Wildman–Crippen LogP) is 5.73. The third-order valence-corrected chi connectivity index (χ3v) is 4.19. The summed E-state index contributed by atoms with van der Waals surface area (Å²) in [6.45, 7) is 5.93. The maximum absolute atomic E-state index is 10.7. The Morgan fingerprint density at radius 2 is 1.72 bits per heavy atom. The molecule has 0 radical (unpaired) electrons. The zero-order valence-electron chi connectivity index (χ0n) is 14.9. The molecular weight excluding hydrogens is 387 g/mol. The molecule has 0 aliphatic rings. The molecule has 122 valence electrons. The van der Waals surface area contributed by atoms with Gasteiger partial charge in [0.15, 0.2) is 5.75 Å². The molecule has 0 aliphatic heterocycles. The number of nitrogens with zero attached hydrogens (tertiary/aromatic N) is 2. The van der Waals surface area contributed by atoms with E-state index in [-0.39, 0.29) is 38.5 Å². The van der Waals surface area contributed by atoms with Crippen LogP contribution in [0.5, 0.6) is 5.75 Å². The Labute approximate surface area is 173 Å². The van der Waals surface area contributed by atoms with Crippen molar-refractivity contribution in [2.75, 3.05) is 12.4 Å². The van der Waals surface area contributed by atoms with E-state index >= 15 is 0 Å². The largest absolute Gasteiger partial charge is 3.00 e. The summed E-state index contributed by atoms with van der Waals surface area (Å²) in [6, 6.07) is 14.6. The van der Waals surface area contributed by atoms with Crippen molar-refractivity contribution in [1.29, 1.82) is 0 Å². The third kappa shape index (κ3) is 3.91. The van der Waals surface area contributed by atoms with Crippen LogP contribution in [0.4, 0.5) is 17.1 Å². The van der Waals surface area contributed by atoms with E-state index in [0.717, 1.165) is 38.8 Å². The minimum Gasteiger partial charge on any atom is -0.505 e. The molecule has 0 atom stereocenters. The summed E-state index contributed by atoms with van der Waals surface area (Å²) in [5.74, 6) is 0.158. The predicted molar refractivity (Wildman–Crippen MR) is 98.8 cm³/mol. The first-order valence-corrected chi connectivity index (χ1v) is 7.84. The second-order valence-corrected chi connectivity index (χ2v) is 5.94. The monoisotopic (exact) mass is 407 g/mol. The topological polar surface area (TPSA) is 57.0 Å². The van der Waals surface area contributed by atoms with Gasteiger partial charge >= 0.3 is 32.7 Å². The van der Waals surface area contributed by atoms with Gasteiger partial charge in [-0.15, -0.1) is 16.7 Å². The van der Waals surface area contributed by atoms with Crippen LogP contribution in [0, 0.1) is 26.8 Å². The Balaban J connectivity index is 0.00000225. The number of nitrogens with one attached hydrogen (secondary N) is 1. The molecule has 0 unspecified atom stereocenters. The van der Waals surface area contributed by atoms with Gasteiger partial charge in [-0.25, -0.2) is 0 Å². The molecule has 0 spiro atoms. The molecule has 0 aliphatic carbocycles. The van der Waals surface area contributed by atoms with Crippen molar-refractivity contribution >= 4 is 27.8 Å². The smallest absolute Gasteiger partial charge is 0.505 e. The second kappa shape index (κ2) is 8.07. The first-order chi connectivity index (χ1) is 11.5. The van der Waals surface area contributed by atoms with E-state index in [2.05, 4.69) is 27.7 Å². The quantitative estimate of drug-likeness (QED) is 0.431. The van der Waals surface area contributed by atoms with Crippen molar-refractivity contribution in [2.45, 2.75) is 20.8 Å². The number of hydrogen-bond donors (Lipinski definition) is 2. The maximum Gasteiger partial charge on any atom is 3.00 e. The molecule has 0 fully saturated rings. The van der Waals surface area contributed by atoms with Crippen LogP contribution in [-0.4, -0.2) is 12.2 Å². The molecule has 3 aromatic rings. The van der Waals surface area contributed by atoms with Gasteiger partial charge in [0.25, 0.3) is 0 Å². The first kappa shape index (κ1) is 19.5. The molecule has 0 aromatic heterocycles. The van der Waals surface area contributed by atoms with Crippen molar-refractivity contribution in [2.24, 2.45) is 10.2 Å². The van der Waals surface area contributed by atoms with Crippen LogP contribution in [0.3, 0.4) is 0 Å². The van der Waals surface area contributed by atoms with Gasteiger partial charge in [0.05, 0.1) is 0 Å². The van der Waals surface area contributed by atoms with Crippen molar-refractivity contribution in [3.05, 3.63) is 59.2 Å². The zero-order chi connectivity index (χ0) is 17.3. The molecule has 0 heterocycles. The molecule has 25 heavy (non-hydrogen) atoms. The van der Waals surface area contributed by atoms with Crippen LogP contribution in [0.1, 0.15) is 16.7 Å². The number of rotatable bonds is 3. The molecule has 0 bridgehead atoms. The van der Waals surface area contributed by atoms with Crippen molar-refractivity contribution < 1.29 is 37.8 Å². The summed E-state index contributed by atoms with van der Waals surface area (Å²) in [5, 5.41) is 24.2. The van der Waals surface area contributed by atoms with Crippen LogP contribution in [0.25, 0.3) is 10.8 Å². The number of benzene rings is 3. The SMILES string of the molecule is CNc1cc2c(O)c(N=Nc3cc[c-]cc3C)c(C)cc2cc1C.[Y+3]. The number of fused-ring (bicyclic) bond motifs is 1. The van der Waals surface area contributed by atoms with Crippen LogP contribution >= 0.6 is 0 Å². The molecule has 0 amide bonds. The van der Waals surface area contributed by atoms with Crippen LogP contribution in [-0.2, 0) is 32.7 Å². The van der Waals surface area contributed by atoms with E-state index in [0.29, 0.717) is 5.69 Å². The summed E-state index contributed by atoms with van der Waals surface area (Å²) in [6.07, 6.45) is 0. The van der Waals surface area contributed by atoms with Crippen molar-refractivity contribution in [1.82, 2.24) is 0 Å². The number of hydrogen-bond acceptors (Lipinski definition) is 4. The van der Waals surface area contributed by atoms with Gasteiger partial charge in [0.2, 0.25) is 0 Å². The Hall–Kier alpha value is -1.78. The molecule has 3 rings (SSSR count). The van der Waals surface area contributed by atoms with E-state index in [1.165, 1.54) is 0 Å². The molecular formula is C20H20N3OY+2. The summed E-state index contributed by atoms with van der Waals surface area (Å²) < 4.78 is 0. The van der Waals surface area contributed by atoms with Gasteiger partial charge in [-0.05, 0) is 54.2 Å². The van der Waals surface area contributed by atoms with E-state index in [1.54, 1.807) is 6.07 Å². The fraction of sp³-hybridized carbons (Fsp3) is 0.200. The number of phenolic OH excluding ortho intramolecular Hbond substituents is 1. The number of azo groups is 1. The summed E-state index contributed by atoms with van der Waals surface area (Å²) in [5.41, 5.74) is 5.27. The molecule has 0 saturated carbocycles. The minimum absolute atomic E-state index is 0. The first-order valence-electron chi connectivity index (χ1n) is 7.84. The summed E-state index contributed by atoms with van der Waals surface area (Å²) in [4.78, 5) is 0. The van der Waals surface area contributed by atoms with Gasteiger partial charge in [-0.1, -0.05) is 6.92 Å². The average molecular weight is 407 g/mol. The van der Waals surface area contributed by atoms with E-state index < -0.39 is 0 Å². The number of phenols is 1. The standard InChI is InChI=1S/C20H20N3O.Y/c1-12-7-5-6-8-17(12)22-23-19-14(3)10-15-9-13(2)18(21-4)11-16(15)20(19)24;/h6-11,21,24H,1-4H3;/q-1;+3. The number of aryl methyl sites for hydroxylation is 3. The van der Waals surface area contributed by atoms with Gasteiger partial charge in [0.1, 0.15) is 5.69 Å². The molecule has 3 aromatic carbocycles. The Morgan fingerprint density at radius 1 is 1.00 bits per heavy atom. The average Bonchev–Trinajstić information content (AvgIpc) is 2.55. The number of aromatic hydroxyl groups is 1. The van der Waals surface area contributed by atoms with Crippen molar-refractivity contribution in [3.63, 3.8) is 0 Å². The fourth-order valence-corrected chi connectivity index (χ4v) is 2.79. The van der Waals surface area contributed by atoms with E-state index in [4.69, 9.17) is 0 Å². The molecule has 4 nitrogen and oxygen atoms in total. The van der Waals surface area contributed by atoms with Gasteiger partial charge < -0.3 is 10.4 Å². The molecule has 2 N–H and O–H groups in total. The third-order valence-electron chi connectivity index (χ3n) is 4.19. The zero-order valence-corrected chi connectivity index (χ0v) is 17.7. The second-order valence-electron chi connectivity index (χ2n) is 5.94. The van der Waals surface area contributed by atoms with Gasteiger partial charge in [-0.2, -0.15) is 23.3 Å². The summed E-state index contributed by atoms with van der Waals surface area (Å²) >= 11 is 0. The van der Waals surface area contributed by atoms with Crippen LogP contribution < -0.4 is 5.32 Å². The van der Waals surface area contributed by atoms with Gasteiger partial charge in [0, 0.05) is 18.1 Å². The summed E-state index contributed by atoms with van der Waals surface area (Å²) in [7, 11) is 1.87. The Bertz CT molecular complexity index is 951.